The molecular weight excluding hydrogens is 328 g/mol. The summed E-state index contributed by atoms with van der Waals surface area (Å²) in [5.74, 6) is 0.689. The van der Waals surface area contributed by atoms with Crippen LogP contribution in [0.3, 0.4) is 0 Å². The molecule has 1 aromatic rings. The number of benzene rings is 1. The van der Waals surface area contributed by atoms with Crippen LogP contribution in [0.1, 0.15) is 13.3 Å². The Hall–Kier alpha value is -1.58. The van der Waals surface area contributed by atoms with Crippen LogP contribution in [-0.2, 0) is 19.6 Å². The van der Waals surface area contributed by atoms with Crippen molar-refractivity contribution in [3.8, 4) is 5.75 Å². The molecule has 2 unspecified atom stereocenters. The van der Waals surface area contributed by atoms with Crippen molar-refractivity contribution in [1.29, 1.82) is 0 Å². The summed E-state index contributed by atoms with van der Waals surface area (Å²) >= 11 is 1.12. The number of fused-ring (bicyclic) bond motifs is 1. The summed E-state index contributed by atoms with van der Waals surface area (Å²) in [6.07, 6.45) is -0.147. The number of anilines is 1. The Labute approximate surface area is 131 Å². The number of ether oxygens (including phenoxy) is 1. The van der Waals surface area contributed by atoms with E-state index in [2.05, 4.69) is 10.0 Å². The van der Waals surface area contributed by atoms with E-state index in [-0.39, 0.29) is 15.9 Å². The van der Waals surface area contributed by atoms with Crippen LogP contribution in [0.4, 0.5) is 5.69 Å². The van der Waals surface area contributed by atoms with Gasteiger partial charge in [0.1, 0.15) is 5.75 Å². The first kappa shape index (κ1) is 15.3. The van der Waals surface area contributed by atoms with E-state index in [1.165, 1.54) is 18.2 Å². The van der Waals surface area contributed by atoms with E-state index in [4.69, 9.17) is 4.74 Å². The zero-order chi connectivity index (χ0) is 15.9. The summed E-state index contributed by atoms with van der Waals surface area (Å²) in [5.41, 5.74) is 0.304. The second kappa shape index (κ2) is 5.56. The maximum Gasteiger partial charge on any atom is 0.265 e. The molecule has 7 nitrogen and oxygen atoms in total. The molecule has 9 heteroatoms. The minimum Gasteiger partial charge on any atom is -0.479 e. The molecule has 2 atom stereocenters. The summed E-state index contributed by atoms with van der Waals surface area (Å²) in [4.78, 5) is 23.1. The Morgan fingerprint density at radius 2 is 2.14 bits per heavy atom. The van der Waals surface area contributed by atoms with Gasteiger partial charge in [0.05, 0.1) is 16.6 Å². The van der Waals surface area contributed by atoms with Gasteiger partial charge in [0, 0.05) is 5.75 Å². The minimum absolute atomic E-state index is 0.0191. The van der Waals surface area contributed by atoms with Crippen molar-refractivity contribution in [1.82, 2.24) is 4.72 Å². The van der Waals surface area contributed by atoms with Crippen molar-refractivity contribution >= 4 is 38.5 Å². The van der Waals surface area contributed by atoms with Gasteiger partial charge in [0.2, 0.25) is 15.1 Å². The molecule has 2 N–H and O–H groups in total. The molecule has 1 aromatic carbocycles. The normalized spacial score (nSPS) is 24.6. The largest absolute Gasteiger partial charge is 0.479 e. The van der Waals surface area contributed by atoms with Gasteiger partial charge >= 0.3 is 0 Å². The molecule has 0 spiro atoms. The van der Waals surface area contributed by atoms with E-state index in [1.807, 2.05) is 0 Å². The number of carbonyl (C=O) groups is 2. The van der Waals surface area contributed by atoms with Crippen LogP contribution in [0.5, 0.6) is 5.75 Å². The topological polar surface area (TPSA) is 102 Å². The van der Waals surface area contributed by atoms with Gasteiger partial charge in [-0.1, -0.05) is 11.8 Å². The maximum atomic E-state index is 12.3. The van der Waals surface area contributed by atoms with Crippen molar-refractivity contribution in [2.45, 2.75) is 30.4 Å². The molecule has 0 aliphatic carbocycles. The smallest absolute Gasteiger partial charge is 0.265 e. The minimum atomic E-state index is -3.83. The highest BCUT2D eigenvalue weighted by molar-refractivity contribution is 8.14. The van der Waals surface area contributed by atoms with Crippen molar-refractivity contribution in [2.24, 2.45) is 0 Å². The van der Waals surface area contributed by atoms with Gasteiger partial charge < -0.3 is 10.1 Å². The summed E-state index contributed by atoms with van der Waals surface area (Å²) < 4.78 is 32.5. The van der Waals surface area contributed by atoms with E-state index in [9.17, 15) is 18.0 Å². The fourth-order valence-corrected chi connectivity index (χ4v) is 4.48. The highest BCUT2D eigenvalue weighted by Crippen LogP contribution is 2.32. The molecule has 0 radical (unpaired) electrons. The monoisotopic (exact) mass is 342 g/mol. The van der Waals surface area contributed by atoms with Crippen molar-refractivity contribution in [2.75, 3.05) is 11.1 Å². The van der Waals surface area contributed by atoms with Crippen molar-refractivity contribution < 1.29 is 22.7 Å². The molecule has 1 fully saturated rings. The first-order chi connectivity index (χ1) is 10.4. The average molecular weight is 342 g/mol. The third-order valence-corrected chi connectivity index (χ3v) is 5.90. The first-order valence-corrected chi connectivity index (χ1v) is 9.14. The van der Waals surface area contributed by atoms with E-state index in [0.717, 1.165) is 11.8 Å². The predicted octanol–water partition coefficient (Wildman–Crippen LogP) is 0.716. The van der Waals surface area contributed by atoms with E-state index in [0.29, 0.717) is 23.6 Å². The molecule has 0 saturated carbocycles. The molecule has 3 rings (SSSR count). The first-order valence-electron chi connectivity index (χ1n) is 6.67. The molecular formula is C13H14N2O5S2. The van der Waals surface area contributed by atoms with Gasteiger partial charge in [0.25, 0.3) is 5.91 Å². The molecule has 118 valence electrons. The Bertz CT molecular complexity index is 747. The van der Waals surface area contributed by atoms with Crippen LogP contribution in [0.25, 0.3) is 0 Å². The summed E-state index contributed by atoms with van der Waals surface area (Å²) in [6.45, 7) is 1.61. The lowest BCUT2D eigenvalue weighted by Gasteiger charge is -2.23. The fraction of sp³-hybridized carbons (Fsp3) is 0.385. The second-order valence-corrected chi connectivity index (χ2v) is 7.85. The lowest BCUT2D eigenvalue weighted by atomic mass is 10.2. The van der Waals surface area contributed by atoms with Crippen LogP contribution < -0.4 is 14.8 Å². The molecule has 2 heterocycles. The summed E-state index contributed by atoms with van der Waals surface area (Å²) in [7, 11) is -3.83. The van der Waals surface area contributed by atoms with Crippen LogP contribution >= 0.6 is 11.8 Å². The third kappa shape index (κ3) is 2.83. The van der Waals surface area contributed by atoms with Crippen LogP contribution in [0.15, 0.2) is 23.1 Å². The van der Waals surface area contributed by atoms with E-state index < -0.39 is 22.2 Å². The Morgan fingerprint density at radius 1 is 1.36 bits per heavy atom. The quantitative estimate of drug-likeness (QED) is 0.839. The number of rotatable bonds is 3. The number of hydrogen-bond donors (Lipinski definition) is 2. The van der Waals surface area contributed by atoms with Crippen molar-refractivity contribution in [3.63, 3.8) is 0 Å². The number of carbonyl (C=O) groups excluding carboxylic acids is 2. The van der Waals surface area contributed by atoms with E-state index in [1.54, 1.807) is 6.92 Å². The fourth-order valence-electron chi connectivity index (χ4n) is 2.21. The van der Waals surface area contributed by atoms with Gasteiger partial charge in [-0.2, -0.15) is 4.72 Å². The van der Waals surface area contributed by atoms with E-state index >= 15 is 0 Å². The van der Waals surface area contributed by atoms with Crippen LogP contribution in [0, 0.1) is 0 Å². The Morgan fingerprint density at radius 3 is 2.82 bits per heavy atom. The lowest BCUT2D eigenvalue weighted by molar-refractivity contribution is -0.122. The standard InChI is InChI=1S/C13H14N2O5S2/c1-7-12(16)14-10-6-8(2-3-11(10)20-7)22(18,19)15-9-4-5-21-13(9)17/h2-3,6-7,9,15H,4-5H2,1H3,(H,14,16). The number of nitrogens with one attached hydrogen (secondary N) is 2. The molecule has 2 aliphatic heterocycles. The second-order valence-electron chi connectivity index (χ2n) is 5.04. The zero-order valence-corrected chi connectivity index (χ0v) is 13.3. The molecule has 1 saturated heterocycles. The van der Waals surface area contributed by atoms with Gasteiger partial charge in [-0.25, -0.2) is 8.42 Å². The lowest BCUT2D eigenvalue weighted by Crippen LogP contribution is -2.37. The maximum absolute atomic E-state index is 12.3. The van der Waals surface area contributed by atoms with Gasteiger partial charge in [0.15, 0.2) is 6.10 Å². The molecule has 22 heavy (non-hydrogen) atoms. The highest BCUT2D eigenvalue weighted by Gasteiger charge is 2.31. The summed E-state index contributed by atoms with van der Waals surface area (Å²) in [6, 6.07) is 3.51. The highest BCUT2D eigenvalue weighted by atomic mass is 32.2. The average Bonchev–Trinajstić information content (AvgIpc) is 2.84. The van der Waals surface area contributed by atoms with Gasteiger partial charge in [-0.15, -0.1) is 0 Å². The SMILES string of the molecule is CC1Oc2ccc(S(=O)(=O)NC3CCSC3=O)cc2NC1=O. The number of thioether (sulfide) groups is 1. The molecule has 0 bridgehead atoms. The number of sulfonamides is 1. The zero-order valence-electron chi connectivity index (χ0n) is 11.7. The molecule has 2 aliphatic rings. The molecule has 1 amide bonds. The number of hydrogen-bond acceptors (Lipinski definition) is 6. The number of amides is 1. The van der Waals surface area contributed by atoms with Gasteiger partial charge in [-0.3, -0.25) is 9.59 Å². The van der Waals surface area contributed by atoms with Crippen LogP contribution in [-0.4, -0.2) is 37.3 Å². The summed E-state index contributed by atoms with van der Waals surface area (Å²) in [5, 5.41) is 2.42. The van der Waals surface area contributed by atoms with Crippen LogP contribution in [0.2, 0.25) is 0 Å². The predicted molar refractivity (Wildman–Crippen MR) is 81.4 cm³/mol. The third-order valence-electron chi connectivity index (χ3n) is 3.42. The van der Waals surface area contributed by atoms with Gasteiger partial charge in [-0.05, 0) is 31.5 Å². The van der Waals surface area contributed by atoms with Crippen molar-refractivity contribution in [3.05, 3.63) is 18.2 Å². The Balaban J connectivity index is 1.87. The Kier molecular flexibility index (Phi) is 3.87. The molecule has 0 aromatic heterocycles.